The third-order valence-corrected chi connectivity index (χ3v) is 7.92. The first-order chi connectivity index (χ1) is 16.2. The van der Waals surface area contributed by atoms with Gasteiger partial charge in [0.1, 0.15) is 17.3 Å². The van der Waals surface area contributed by atoms with E-state index < -0.39 is 0 Å². The van der Waals surface area contributed by atoms with E-state index in [4.69, 9.17) is 4.74 Å². The minimum Gasteiger partial charge on any atom is -0.457 e. The minimum absolute atomic E-state index is 0. The maximum Gasteiger partial charge on any atom is 0.166 e. The number of carbonyl (C=O) groups is 1. The molecule has 0 aliphatic carbocycles. The number of thioether (sulfide) groups is 1. The van der Waals surface area contributed by atoms with Gasteiger partial charge in [-0.1, -0.05) is 36.4 Å². The van der Waals surface area contributed by atoms with Crippen LogP contribution in [0.3, 0.4) is 0 Å². The summed E-state index contributed by atoms with van der Waals surface area (Å²) in [6.07, 6.45) is 2.70. The van der Waals surface area contributed by atoms with E-state index in [0.717, 1.165) is 56.1 Å². The molecule has 0 spiro atoms. The van der Waals surface area contributed by atoms with Gasteiger partial charge < -0.3 is 9.64 Å². The zero-order chi connectivity index (χ0) is 22.6. The van der Waals surface area contributed by atoms with Crippen LogP contribution in [0.2, 0.25) is 0 Å². The Labute approximate surface area is 211 Å². The molecule has 0 aromatic heterocycles. The zero-order valence-corrected chi connectivity index (χ0v) is 20.6. The van der Waals surface area contributed by atoms with Crippen molar-refractivity contribution in [1.29, 1.82) is 0 Å². The van der Waals surface area contributed by atoms with E-state index >= 15 is 0 Å². The summed E-state index contributed by atoms with van der Waals surface area (Å²) >= 11 is 1.99. The average molecular weight is 498 g/mol. The lowest BCUT2D eigenvalue weighted by Crippen LogP contribution is -2.37. The van der Waals surface area contributed by atoms with Gasteiger partial charge in [0.2, 0.25) is 0 Å². The van der Waals surface area contributed by atoms with E-state index in [1.807, 2.05) is 23.9 Å². The monoisotopic (exact) mass is 497 g/mol. The molecule has 1 unspecified atom stereocenters. The molecule has 5 rings (SSSR count). The number of carbonyl (C=O) groups excluding carboxylic acids is 1. The Bertz CT molecular complexity index is 1120. The molecular formula is C28H29ClFNO2S. The second-order valence-electron chi connectivity index (χ2n) is 8.80. The summed E-state index contributed by atoms with van der Waals surface area (Å²) in [5.41, 5.74) is 3.15. The lowest BCUT2D eigenvalue weighted by molar-refractivity contribution is 0.0845. The van der Waals surface area contributed by atoms with Gasteiger partial charge in [-0.05, 0) is 74.3 Å². The Balaban J connectivity index is 0.00000274. The Morgan fingerprint density at radius 3 is 2.38 bits per heavy atom. The number of rotatable bonds is 6. The summed E-state index contributed by atoms with van der Waals surface area (Å²) in [7, 11) is 0. The first-order valence-electron chi connectivity index (χ1n) is 11.7. The predicted octanol–water partition coefficient (Wildman–Crippen LogP) is 6.97. The Morgan fingerprint density at radius 1 is 0.941 bits per heavy atom. The van der Waals surface area contributed by atoms with Gasteiger partial charge >= 0.3 is 0 Å². The molecule has 0 amide bonds. The average Bonchev–Trinajstić information content (AvgIpc) is 3.01. The second kappa shape index (κ2) is 11.4. The van der Waals surface area contributed by atoms with Crippen LogP contribution in [-0.4, -0.2) is 36.1 Å². The second-order valence-corrected chi connectivity index (χ2v) is 10.1. The van der Waals surface area contributed by atoms with Crippen LogP contribution in [0.5, 0.6) is 11.5 Å². The number of likely N-dealkylation sites (tertiary alicyclic amines) is 1. The van der Waals surface area contributed by atoms with Crippen molar-refractivity contribution >= 4 is 30.0 Å². The van der Waals surface area contributed by atoms with Crippen molar-refractivity contribution in [1.82, 2.24) is 4.90 Å². The SMILES string of the molecule is Cl.O=C(c1ccc(F)cc1)C1CCN(CCSC2Cc3ccccc3Oc3ccccc32)CC1. The van der Waals surface area contributed by atoms with Crippen molar-refractivity contribution in [2.75, 3.05) is 25.4 Å². The fourth-order valence-electron chi connectivity index (χ4n) is 4.78. The molecule has 6 heteroatoms. The number of nitrogens with zero attached hydrogens (tertiary/aromatic N) is 1. The normalized spacial score (nSPS) is 18.1. The van der Waals surface area contributed by atoms with Crippen molar-refractivity contribution in [3.63, 3.8) is 0 Å². The first-order valence-corrected chi connectivity index (χ1v) is 12.7. The summed E-state index contributed by atoms with van der Waals surface area (Å²) in [6, 6.07) is 22.6. The maximum atomic E-state index is 13.1. The van der Waals surface area contributed by atoms with Gasteiger partial charge in [0.25, 0.3) is 0 Å². The van der Waals surface area contributed by atoms with Crippen LogP contribution in [0.4, 0.5) is 4.39 Å². The quantitative estimate of drug-likeness (QED) is 0.344. The standard InChI is InChI=1S/C28H28FNO2S.ClH/c29-23-11-9-20(10-12-23)28(31)21-13-15-30(16-14-21)17-18-33-27-19-22-5-1-3-7-25(22)32-26-8-4-2-6-24(26)27;/h1-12,21,27H,13-19H2;1H. The van der Waals surface area contributed by atoms with Crippen LogP contribution >= 0.6 is 24.2 Å². The number of ether oxygens (including phenoxy) is 1. The summed E-state index contributed by atoms with van der Waals surface area (Å²) in [5.74, 6) is 2.85. The molecule has 1 fully saturated rings. The summed E-state index contributed by atoms with van der Waals surface area (Å²) in [6.45, 7) is 2.89. The van der Waals surface area contributed by atoms with Crippen LogP contribution < -0.4 is 4.74 Å². The van der Waals surface area contributed by atoms with Gasteiger partial charge in [0.15, 0.2) is 5.78 Å². The number of hydrogen-bond acceptors (Lipinski definition) is 4. The summed E-state index contributed by atoms with van der Waals surface area (Å²) < 4.78 is 19.4. The molecular weight excluding hydrogens is 469 g/mol. The number of para-hydroxylation sites is 2. The third-order valence-electron chi connectivity index (χ3n) is 6.68. The van der Waals surface area contributed by atoms with Crippen molar-refractivity contribution in [2.45, 2.75) is 24.5 Å². The van der Waals surface area contributed by atoms with Crippen molar-refractivity contribution < 1.29 is 13.9 Å². The van der Waals surface area contributed by atoms with Gasteiger partial charge in [-0.2, -0.15) is 11.8 Å². The number of piperidine rings is 1. The molecule has 3 aromatic carbocycles. The van der Waals surface area contributed by atoms with Crippen LogP contribution in [0.15, 0.2) is 72.8 Å². The van der Waals surface area contributed by atoms with E-state index in [-0.39, 0.29) is 29.9 Å². The summed E-state index contributed by atoms with van der Waals surface area (Å²) in [5, 5.41) is 0.363. The summed E-state index contributed by atoms with van der Waals surface area (Å²) in [4.78, 5) is 15.2. The number of Topliss-reactive ketones (excluding diaryl/α,β-unsaturated/α-hetero) is 1. The molecule has 0 bridgehead atoms. The Morgan fingerprint density at radius 2 is 1.62 bits per heavy atom. The highest BCUT2D eigenvalue weighted by Gasteiger charge is 2.27. The van der Waals surface area contributed by atoms with Crippen molar-refractivity contribution in [2.24, 2.45) is 5.92 Å². The zero-order valence-electron chi connectivity index (χ0n) is 19.0. The van der Waals surface area contributed by atoms with E-state index in [0.29, 0.717) is 10.8 Å². The van der Waals surface area contributed by atoms with Crippen LogP contribution in [0.25, 0.3) is 0 Å². The molecule has 0 radical (unpaired) electrons. The minimum atomic E-state index is -0.301. The molecule has 3 aromatic rings. The predicted molar refractivity (Wildman–Crippen MR) is 139 cm³/mol. The number of hydrogen-bond donors (Lipinski definition) is 0. The largest absolute Gasteiger partial charge is 0.457 e. The van der Waals surface area contributed by atoms with Gasteiger partial charge in [-0.3, -0.25) is 4.79 Å². The molecule has 178 valence electrons. The maximum absolute atomic E-state index is 13.1. The van der Waals surface area contributed by atoms with E-state index in [1.54, 1.807) is 12.1 Å². The molecule has 1 saturated heterocycles. The highest BCUT2D eigenvalue weighted by atomic mass is 35.5. The smallest absolute Gasteiger partial charge is 0.166 e. The van der Waals surface area contributed by atoms with E-state index in [2.05, 4.69) is 41.3 Å². The number of benzene rings is 3. The Kier molecular flexibility index (Phi) is 8.30. The number of fused-ring (bicyclic) bond motifs is 2. The van der Waals surface area contributed by atoms with E-state index in [9.17, 15) is 9.18 Å². The fraction of sp³-hybridized carbons (Fsp3) is 0.321. The molecule has 34 heavy (non-hydrogen) atoms. The number of ketones is 1. The topological polar surface area (TPSA) is 29.5 Å². The lowest BCUT2D eigenvalue weighted by Gasteiger charge is -2.31. The highest BCUT2D eigenvalue weighted by molar-refractivity contribution is 7.99. The third kappa shape index (κ3) is 5.65. The van der Waals surface area contributed by atoms with Crippen molar-refractivity contribution in [3.05, 3.63) is 95.3 Å². The van der Waals surface area contributed by atoms with Gasteiger partial charge in [-0.15, -0.1) is 12.4 Å². The van der Waals surface area contributed by atoms with Crippen molar-refractivity contribution in [3.8, 4) is 11.5 Å². The fourth-order valence-corrected chi connectivity index (χ4v) is 6.10. The highest BCUT2D eigenvalue weighted by Crippen LogP contribution is 2.44. The van der Waals surface area contributed by atoms with Gasteiger partial charge in [0, 0.05) is 34.6 Å². The molecule has 2 aliphatic heterocycles. The van der Waals surface area contributed by atoms with Crippen LogP contribution in [0.1, 0.15) is 39.6 Å². The molecule has 0 saturated carbocycles. The molecule has 2 aliphatic rings. The molecule has 1 atom stereocenters. The number of halogens is 2. The van der Waals surface area contributed by atoms with Crippen LogP contribution in [-0.2, 0) is 6.42 Å². The van der Waals surface area contributed by atoms with E-state index in [1.165, 1.54) is 23.3 Å². The first kappa shape index (κ1) is 24.8. The molecule has 3 nitrogen and oxygen atoms in total. The molecule has 2 heterocycles. The van der Waals surface area contributed by atoms with Crippen LogP contribution in [0, 0.1) is 11.7 Å². The molecule has 0 N–H and O–H groups in total. The lowest BCUT2D eigenvalue weighted by atomic mass is 9.89. The Hall–Kier alpha value is -2.34. The van der Waals surface area contributed by atoms with Gasteiger partial charge in [0.05, 0.1) is 0 Å². The van der Waals surface area contributed by atoms with Gasteiger partial charge in [-0.25, -0.2) is 4.39 Å².